The van der Waals surface area contributed by atoms with Crippen molar-refractivity contribution in [1.82, 2.24) is 9.80 Å². The molecule has 0 radical (unpaired) electrons. The van der Waals surface area contributed by atoms with Crippen LogP contribution in [0.25, 0.3) is 0 Å². The van der Waals surface area contributed by atoms with E-state index in [1.54, 1.807) is 6.07 Å². The Kier molecular flexibility index (Phi) is 8.33. The Labute approximate surface area is 189 Å². The molecule has 1 saturated heterocycles. The summed E-state index contributed by atoms with van der Waals surface area (Å²) in [5.74, 6) is -0.0804. The highest BCUT2D eigenvalue weighted by Crippen LogP contribution is 2.43. The molecule has 2 aliphatic rings. The quantitative estimate of drug-likeness (QED) is 0.613. The standard InChI is InChI=1S/C24H37F3N2O3/c1-18(2)16-31-20-9-8-19(15-21(20)32-24(25,26)27)23(10-6-4-5-7-22(23)30)17-29-13-11-28(3)12-14-29/h8-9,15,18,22,30H,4-7,10-14,16-17H2,1-3H3. The van der Waals surface area contributed by atoms with E-state index in [0.29, 0.717) is 25.1 Å². The van der Waals surface area contributed by atoms with Crippen molar-refractivity contribution in [2.45, 2.75) is 63.8 Å². The molecule has 1 aliphatic heterocycles. The van der Waals surface area contributed by atoms with Crippen molar-refractivity contribution in [1.29, 1.82) is 0 Å². The van der Waals surface area contributed by atoms with Crippen molar-refractivity contribution >= 4 is 0 Å². The lowest BCUT2D eigenvalue weighted by Crippen LogP contribution is -2.53. The van der Waals surface area contributed by atoms with E-state index in [1.807, 2.05) is 19.9 Å². The van der Waals surface area contributed by atoms with E-state index in [-0.39, 0.29) is 17.4 Å². The van der Waals surface area contributed by atoms with Crippen LogP contribution in [0.3, 0.4) is 0 Å². The van der Waals surface area contributed by atoms with E-state index in [1.165, 1.54) is 6.07 Å². The molecule has 5 nitrogen and oxygen atoms in total. The number of hydrogen-bond acceptors (Lipinski definition) is 5. The Morgan fingerprint density at radius 1 is 1.09 bits per heavy atom. The highest BCUT2D eigenvalue weighted by Gasteiger charge is 2.43. The highest BCUT2D eigenvalue weighted by atomic mass is 19.4. The number of nitrogens with zero attached hydrogens (tertiary/aromatic N) is 2. The van der Waals surface area contributed by atoms with E-state index in [0.717, 1.165) is 51.9 Å². The van der Waals surface area contributed by atoms with Gasteiger partial charge >= 0.3 is 6.36 Å². The first-order chi connectivity index (χ1) is 15.1. The molecule has 0 spiro atoms. The maximum atomic E-state index is 13.2. The first-order valence-corrected chi connectivity index (χ1v) is 11.7. The number of hydrogen-bond donors (Lipinski definition) is 1. The largest absolute Gasteiger partial charge is 0.573 e. The third kappa shape index (κ3) is 6.51. The number of ether oxygens (including phenoxy) is 2. The summed E-state index contributed by atoms with van der Waals surface area (Å²) in [5, 5.41) is 11.3. The summed E-state index contributed by atoms with van der Waals surface area (Å²) in [7, 11) is 2.09. The summed E-state index contributed by atoms with van der Waals surface area (Å²) in [6, 6.07) is 4.85. The maximum absolute atomic E-state index is 13.2. The van der Waals surface area contributed by atoms with Crippen LogP contribution in [0.15, 0.2) is 18.2 Å². The second-order valence-corrected chi connectivity index (χ2v) is 9.76. The number of benzene rings is 1. The zero-order chi connectivity index (χ0) is 23.4. The molecule has 0 amide bonds. The molecule has 8 heteroatoms. The van der Waals surface area contributed by atoms with Crippen molar-refractivity contribution in [3.05, 3.63) is 23.8 Å². The number of rotatable bonds is 7. The maximum Gasteiger partial charge on any atom is 0.573 e. The lowest BCUT2D eigenvalue weighted by molar-refractivity contribution is -0.275. The third-order valence-corrected chi connectivity index (χ3v) is 6.66. The fraction of sp³-hybridized carbons (Fsp3) is 0.750. The monoisotopic (exact) mass is 458 g/mol. The van der Waals surface area contributed by atoms with Crippen LogP contribution >= 0.6 is 0 Å². The van der Waals surface area contributed by atoms with Gasteiger partial charge in [-0.2, -0.15) is 0 Å². The molecule has 2 unspecified atom stereocenters. The first-order valence-electron chi connectivity index (χ1n) is 11.7. The Balaban J connectivity index is 1.97. The van der Waals surface area contributed by atoms with Gasteiger partial charge in [0.15, 0.2) is 11.5 Å². The summed E-state index contributed by atoms with van der Waals surface area (Å²) in [4.78, 5) is 4.60. The van der Waals surface area contributed by atoms with Gasteiger partial charge in [-0.15, -0.1) is 13.2 Å². The van der Waals surface area contributed by atoms with Gasteiger partial charge in [-0.1, -0.05) is 39.2 Å². The smallest absolute Gasteiger partial charge is 0.489 e. The molecular weight excluding hydrogens is 421 g/mol. The molecule has 1 heterocycles. The molecule has 182 valence electrons. The molecule has 2 atom stereocenters. The van der Waals surface area contributed by atoms with Crippen LogP contribution < -0.4 is 9.47 Å². The number of likely N-dealkylation sites (N-methyl/N-ethyl adjacent to an activating group) is 1. The average molecular weight is 459 g/mol. The SMILES string of the molecule is CC(C)COc1ccc(C2(CN3CCN(C)CC3)CCCCCC2O)cc1OC(F)(F)F. The molecular formula is C24H37F3N2O3. The summed E-state index contributed by atoms with van der Waals surface area (Å²) in [5.41, 5.74) is 0.0640. The number of alkyl halides is 3. The van der Waals surface area contributed by atoms with Crippen LogP contribution in [0, 0.1) is 5.92 Å². The average Bonchev–Trinajstić information content (AvgIpc) is 2.89. The van der Waals surface area contributed by atoms with Crippen LogP contribution in [-0.4, -0.2) is 73.8 Å². The molecule has 1 aromatic carbocycles. The minimum atomic E-state index is -4.82. The number of aliphatic hydroxyl groups is 1. The van der Waals surface area contributed by atoms with Crippen LogP contribution in [-0.2, 0) is 5.41 Å². The van der Waals surface area contributed by atoms with Gasteiger partial charge in [0, 0.05) is 38.1 Å². The van der Waals surface area contributed by atoms with Gasteiger partial charge in [0.25, 0.3) is 0 Å². The molecule has 32 heavy (non-hydrogen) atoms. The third-order valence-electron chi connectivity index (χ3n) is 6.66. The molecule has 1 aromatic rings. The zero-order valence-corrected chi connectivity index (χ0v) is 19.5. The van der Waals surface area contributed by atoms with E-state index >= 15 is 0 Å². The predicted molar refractivity (Wildman–Crippen MR) is 118 cm³/mol. The minimum Gasteiger partial charge on any atom is -0.489 e. The summed E-state index contributed by atoms with van der Waals surface area (Å²) in [6.45, 7) is 8.44. The van der Waals surface area contributed by atoms with Crippen LogP contribution in [0.5, 0.6) is 11.5 Å². The number of aliphatic hydroxyl groups excluding tert-OH is 1. The summed E-state index contributed by atoms with van der Waals surface area (Å²) in [6.07, 6.45) is -1.18. The number of halogens is 3. The van der Waals surface area contributed by atoms with E-state index < -0.39 is 17.9 Å². The minimum absolute atomic E-state index is 0.0811. The van der Waals surface area contributed by atoms with Gasteiger partial charge in [0.05, 0.1) is 12.7 Å². The molecule has 0 aromatic heterocycles. The topological polar surface area (TPSA) is 45.2 Å². The summed E-state index contributed by atoms with van der Waals surface area (Å²) < 4.78 is 49.6. The summed E-state index contributed by atoms with van der Waals surface area (Å²) >= 11 is 0. The Morgan fingerprint density at radius 2 is 1.81 bits per heavy atom. The van der Waals surface area contributed by atoms with Crippen molar-refractivity contribution in [2.75, 3.05) is 46.4 Å². The van der Waals surface area contributed by atoms with Crippen LogP contribution in [0.2, 0.25) is 0 Å². The van der Waals surface area contributed by atoms with Crippen molar-refractivity contribution in [2.24, 2.45) is 5.92 Å². The Hall–Kier alpha value is -1.51. The first kappa shape index (κ1) is 25.1. The fourth-order valence-electron chi connectivity index (χ4n) is 4.81. The van der Waals surface area contributed by atoms with E-state index in [2.05, 4.69) is 21.6 Å². The van der Waals surface area contributed by atoms with Gasteiger partial charge in [-0.05, 0) is 43.5 Å². The molecule has 2 fully saturated rings. The lowest BCUT2D eigenvalue weighted by Gasteiger charge is -2.44. The van der Waals surface area contributed by atoms with Gasteiger partial charge < -0.3 is 19.5 Å². The molecule has 1 N–H and O–H groups in total. The predicted octanol–water partition coefficient (Wildman–Crippen LogP) is 4.43. The van der Waals surface area contributed by atoms with Gasteiger partial charge in [0.1, 0.15) is 0 Å². The van der Waals surface area contributed by atoms with Crippen molar-refractivity contribution < 1.29 is 27.8 Å². The molecule has 3 rings (SSSR count). The highest BCUT2D eigenvalue weighted by molar-refractivity contribution is 5.46. The molecule has 1 saturated carbocycles. The van der Waals surface area contributed by atoms with Gasteiger partial charge in [0.2, 0.25) is 0 Å². The van der Waals surface area contributed by atoms with Gasteiger partial charge in [-0.25, -0.2) is 0 Å². The fourth-order valence-corrected chi connectivity index (χ4v) is 4.81. The normalized spacial score (nSPS) is 26.2. The van der Waals surface area contributed by atoms with Crippen molar-refractivity contribution in [3.8, 4) is 11.5 Å². The van der Waals surface area contributed by atoms with Crippen molar-refractivity contribution in [3.63, 3.8) is 0 Å². The second-order valence-electron chi connectivity index (χ2n) is 9.76. The molecule has 1 aliphatic carbocycles. The van der Waals surface area contributed by atoms with Gasteiger partial charge in [-0.3, -0.25) is 4.90 Å². The van der Waals surface area contributed by atoms with Crippen LogP contribution in [0.4, 0.5) is 13.2 Å². The second kappa shape index (κ2) is 10.6. The number of piperazine rings is 1. The lowest BCUT2D eigenvalue weighted by atomic mass is 9.71. The zero-order valence-electron chi connectivity index (χ0n) is 19.5. The Bertz CT molecular complexity index is 736. The Morgan fingerprint density at radius 3 is 2.47 bits per heavy atom. The van der Waals surface area contributed by atoms with E-state index in [9.17, 15) is 18.3 Å². The van der Waals surface area contributed by atoms with Crippen LogP contribution in [0.1, 0.15) is 51.5 Å². The molecule has 0 bridgehead atoms. The van der Waals surface area contributed by atoms with E-state index in [4.69, 9.17) is 4.74 Å².